The highest BCUT2D eigenvalue weighted by Gasteiger charge is 2.34. The first kappa shape index (κ1) is 21.3. The van der Waals surface area contributed by atoms with E-state index in [0.29, 0.717) is 41.1 Å². The maximum Gasteiger partial charge on any atom is 0.418 e. The molecule has 0 aliphatic heterocycles. The van der Waals surface area contributed by atoms with E-state index in [4.69, 9.17) is 26.8 Å². The van der Waals surface area contributed by atoms with E-state index in [1.54, 1.807) is 18.2 Å². The van der Waals surface area contributed by atoms with E-state index < -0.39 is 11.7 Å². The number of alkyl halides is 3. The van der Waals surface area contributed by atoms with Gasteiger partial charge in [0.25, 0.3) is 0 Å². The lowest BCUT2D eigenvalue weighted by Gasteiger charge is -2.10. The average Bonchev–Trinajstić information content (AvgIpc) is 3.07. The molecule has 0 atom stereocenters. The predicted molar refractivity (Wildman–Crippen MR) is 109 cm³/mol. The summed E-state index contributed by atoms with van der Waals surface area (Å²) >= 11 is 6.35. The molecule has 1 aromatic heterocycles. The van der Waals surface area contributed by atoms with Crippen LogP contribution in [-0.4, -0.2) is 25.7 Å². The number of nitrogens with two attached hydrogens (primary N) is 1. The second-order valence-electron chi connectivity index (χ2n) is 6.67. The maximum absolute atomic E-state index is 13.6. The molecule has 0 aliphatic rings. The van der Waals surface area contributed by atoms with Crippen LogP contribution in [0.3, 0.4) is 0 Å². The molecule has 3 aromatic rings. The van der Waals surface area contributed by atoms with E-state index in [-0.39, 0.29) is 10.5 Å². The summed E-state index contributed by atoms with van der Waals surface area (Å²) in [5.74, 6) is 1.07. The predicted octanol–water partition coefficient (Wildman–Crippen LogP) is 5.81. The smallest absolute Gasteiger partial charge is 0.418 e. The Labute approximate surface area is 171 Å². The van der Waals surface area contributed by atoms with Crippen LogP contribution in [0.1, 0.15) is 24.0 Å². The van der Waals surface area contributed by atoms with Crippen molar-refractivity contribution in [2.75, 3.05) is 20.8 Å². The topological polar surface area (TPSA) is 60.3 Å². The first-order chi connectivity index (χ1) is 13.8. The van der Waals surface area contributed by atoms with Gasteiger partial charge in [0.05, 0.1) is 36.0 Å². The van der Waals surface area contributed by atoms with Gasteiger partial charge in [0, 0.05) is 17.0 Å². The zero-order chi connectivity index (χ0) is 21.2. The number of aromatic amines is 1. The van der Waals surface area contributed by atoms with Gasteiger partial charge >= 0.3 is 6.18 Å². The monoisotopic (exact) mass is 426 g/mol. The third-order valence-electron chi connectivity index (χ3n) is 4.83. The molecule has 0 bridgehead atoms. The van der Waals surface area contributed by atoms with Gasteiger partial charge in [0.15, 0.2) is 0 Å². The number of hydrogen-bond donors (Lipinski definition) is 2. The quantitative estimate of drug-likeness (QED) is 0.469. The number of H-pyrrole nitrogens is 1. The van der Waals surface area contributed by atoms with Crippen molar-refractivity contribution in [3.63, 3.8) is 0 Å². The van der Waals surface area contributed by atoms with Crippen molar-refractivity contribution in [2.45, 2.75) is 25.4 Å². The molecule has 0 saturated heterocycles. The van der Waals surface area contributed by atoms with Crippen LogP contribution in [0.25, 0.3) is 22.2 Å². The minimum absolute atomic E-state index is 0.0236. The molecule has 0 spiro atoms. The number of rotatable bonds is 7. The van der Waals surface area contributed by atoms with Crippen LogP contribution in [0.2, 0.25) is 5.02 Å². The zero-order valence-corrected chi connectivity index (χ0v) is 16.9. The molecule has 0 saturated carbocycles. The van der Waals surface area contributed by atoms with Crippen molar-refractivity contribution < 1.29 is 22.6 Å². The number of methoxy groups -OCH3 is 2. The molecule has 3 N–H and O–H groups in total. The highest BCUT2D eigenvalue weighted by Crippen LogP contribution is 2.43. The fourth-order valence-corrected chi connectivity index (χ4v) is 3.73. The Balaban J connectivity index is 2.31. The van der Waals surface area contributed by atoms with Crippen molar-refractivity contribution in [3.8, 4) is 22.8 Å². The number of fused-ring (bicyclic) bond motifs is 1. The highest BCUT2D eigenvalue weighted by molar-refractivity contribution is 6.36. The van der Waals surface area contributed by atoms with Gasteiger partial charge in [0.1, 0.15) is 11.5 Å². The van der Waals surface area contributed by atoms with Crippen LogP contribution < -0.4 is 15.2 Å². The van der Waals surface area contributed by atoms with Gasteiger partial charge in [0.2, 0.25) is 0 Å². The lowest BCUT2D eigenvalue weighted by molar-refractivity contribution is -0.136. The van der Waals surface area contributed by atoms with Crippen molar-refractivity contribution in [2.24, 2.45) is 5.73 Å². The third kappa shape index (κ3) is 4.31. The number of halogens is 4. The molecule has 0 aliphatic carbocycles. The fraction of sp³-hybridized carbons (Fsp3) is 0.333. The highest BCUT2D eigenvalue weighted by atomic mass is 35.5. The molecule has 8 heteroatoms. The van der Waals surface area contributed by atoms with Crippen molar-refractivity contribution in [1.29, 1.82) is 0 Å². The van der Waals surface area contributed by atoms with E-state index in [0.717, 1.165) is 24.5 Å². The van der Waals surface area contributed by atoms with Crippen molar-refractivity contribution >= 4 is 22.5 Å². The van der Waals surface area contributed by atoms with Gasteiger partial charge in [-0.1, -0.05) is 11.6 Å². The molecule has 1 heterocycles. The summed E-state index contributed by atoms with van der Waals surface area (Å²) < 4.78 is 51.5. The average molecular weight is 427 g/mol. The molecular weight excluding hydrogens is 405 g/mol. The van der Waals surface area contributed by atoms with Gasteiger partial charge in [-0.25, -0.2) is 0 Å². The Morgan fingerprint density at radius 3 is 2.24 bits per heavy atom. The molecule has 0 amide bonds. The molecule has 156 valence electrons. The fourth-order valence-electron chi connectivity index (χ4n) is 3.46. The standard InChI is InChI=1S/C21H22ClF3N2O2/c1-28-13-9-12(10-14(11-13)29-2)19-15(5-3-4-8-26)18-17(22)7-6-16(20(18)27-19)21(23,24)25/h6-7,9-11,27H,3-5,8,26H2,1-2H3. The van der Waals surface area contributed by atoms with Crippen molar-refractivity contribution in [1.82, 2.24) is 4.98 Å². The molecule has 0 fully saturated rings. The van der Waals surface area contributed by atoms with Gasteiger partial charge in [-0.15, -0.1) is 0 Å². The maximum atomic E-state index is 13.6. The Hall–Kier alpha value is -2.38. The minimum Gasteiger partial charge on any atom is -0.497 e. The normalized spacial score (nSPS) is 11.8. The molecule has 4 nitrogen and oxygen atoms in total. The Bertz CT molecular complexity index is 993. The summed E-state index contributed by atoms with van der Waals surface area (Å²) in [6, 6.07) is 7.50. The summed E-state index contributed by atoms with van der Waals surface area (Å²) in [5, 5.41) is 0.656. The second-order valence-corrected chi connectivity index (χ2v) is 7.08. The first-order valence-corrected chi connectivity index (χ1v) is 9.51. The largest absolute Gasteiger partial charge is 0.497 e. The summed E-state index contributed by atoms with van der Waals surface area (Å²) in [6.07, 6.45) is -2.49. The molecular formula is C21H22ClF3N2O2. The summed E-state index contributed by atoms with van der Waals surface area (Å²) in [5.41, 5.74) is 6.77. The Morgan fingerprint density at radius 1 is 1.03 bits per heavy atom. The van der Waals surface area contributed by atoms with E-state index in [2.05, 4.69) is 4.98 Å². The molecule has 0 unspecified atom stereocenters. The van der Waals surface area contributed by atoms with E-state index in [1.165, 1.54) is 20.3 Å². The number of ether oxygens (including phenoxy) is 2. The van der Waals surface area contributed by atoms with Gasteiger partial charge in [-0.05, 0) is 55.6 Å². The number of unbranched alkanes of at least 4 members (excludes halogenated alkanes) is 1. The van der Waals surface area contributed by atoms with Crippen molar-refractivity contribution in [3.05, 3.63) is 46.5 Å². The number of hydrogen-bond acceptors (Lipinski definition) is 3. The molecule has 0 radical (unpaired) electrons. The van der Waals surface area contributed by atoms with Gasteiger partial charge in [-0.3, -0.25) is 0 Å². The van der Waals surface area contributed by atoms with Crippen LogP contribution >= 0.6 is 11.6 Å². The van der Waals surface area contributed by atoms with Crippen LogP contribution in [-0.2, 0) is 12.6 Å². The van der Waals surface area contributed by atoms with Crippen LogP contribution in [0, 0.1) is 0 Å². The van der Waals surface area contributed by atoms with Gasteiger partial charge in [-0.2, -0.15) is 13.2 Å². The minimum atomic E-state index is -4.51. The lowest BCUT2D eigenvalue weighted by atomic mass is 9.99. The second kappa shape index (κ2) is 8.55. The van der Waals surface area contributed by atoms with Gasteiger partial charge < -0.3 is 20.2 Å². The van der Waals surface area contributed by atoms with Crippen LogP contribution in [0.15, 0.2) is 30.3 Å². The van der Waals surface area contributed by atoms with E-state index in [9.17, 15) is 13.2 Å². The molecule has 2 aromatic carbocycles. The van der Waals surface area contributed by atoms with E-state index >= 15 is 0 Å². The summed E-state index contributed by atoms with van der Waals surface area (Å²) in [7, 11) is 3.04. The number of aromatic nitrogens is 1. The molecule has 29 heavy (non-hydrogen) atoms. The number of benzene rings is 2. The summed E-state index contributed by atoms with van der Waals surface area (Å²) in [6.45, 7) is 0.506. The van der Waals surface area contributed by atoms with E-state index in [1.807, 2.05) is 0 Å². The SMILES string of the molecule is COc1cc(OC)cc(-c2[nH]c3c(C(F)(F)F)ccc(Cl)c3c2CCCCN)c1. The Kier molecular flexibility index (Phi) is 6.29. The Morgan fingerprint density at radius 2 is 1.69 bits per heavy atom. The van der Waals surface area contributed by atoms with Crippen LogP contribution in [0.5, 0.6) is 11.5 Å². The molecule has 3 rings (SSSR count). The first-order valence-electron chi connectivity index (χ1n) is 9.14. The summed E-state index contributed by atoms with van der Waals surface area (Å²) in [4.78, 5) is 2.98. The third-order valence-corrected chi connectivity index (χ3v) is 5.15. The van der Waals surface area contributed by atoms with Crippen LogP contribution in [0.4, 0.5) is 13.2 Å². The zero-order valence-electron chi connectivity index (χ0n) is 16.1. The number of nitrogens with one attached hydrogen (secondary N) is 1. The lowest BCUT2D eigenvalue weighted by Crippen LogP contribution is -2.05. The number of aryl methyl sites for hydroxylation is 1.